The van der Waals surface area contributed by atoms with Crippen LogP contribution in [0.1, 0.15) is 309 Å². The van der Waals surface area contributed by atoms with Crippen molar-refractivity contribution in [2.24, 2.45) is 0 Å². The first-order chi connectivity index (χ1) is 41.1. The molecule has 2 heterocycles. The number of carbonyl (C=O) groups is 1. The van der Waals surface area contributed by atoms with E-state index < -0.39 is 86.8 Å². The van der Waals surface area contributed by atoms with E-state index in [1.54, 1.807) is 0 Å². The molecule has 12 unspecified atom stereocenters. The highest BCUT2D eigenvalue weighted by Gasteiger charge is 2.51. The zero-order chi connectivity index (χ0) is 60.9. The largest absolute Gasteiger partial charge is 0.394 e. The summed E-state index contributed by atoms with van der Waals surface area (Å²) >= 11 is 0. The summed E-state index contributed by atoms with van der Waals surface area (Å²) < 4.78 is 22.9. The van der Waals surface area contributed by atoms with Gasteiger partial charge in [-0.25, -0.2) is 0 Å². The molecule has 0 spiro atoms. The number of hydrogen-bond donors (Lipinski definition) is 9. The monoisotopic (exact) mass is 1190 g/mol. The molecule has 0 aromatic rings. The maximum atomic E-state index is 13.4. The van der Waals surface area contributed by atoms with E-state index in [1.807, 2.05) is 0 Å². The molecule has 2 aliphatic heterocycles. The minimum atomic E-state index is -1.78. The number of carbonyl (C=O) groups excluding carboxylic acids is 1. The third-order valence-corrected chi connectivity index (χ3v) is 17.4. The average Bonchev–Trinajstić information content (AvgIpc) is 3.62. The molecule has 14 heteroatoms. The second kappa shape index (κ2) is 55.3. The minimum Gasteiger partial charge on any atom is -0.394 e. The van der Waals surface area contributed by atoms with Crippen molar-refractivity contribution in [2.75, 3.05) is 19.8 Å². The van der Waals surface area contributed by atoms with Gasteiger partial charge in [-0.2, -0.15) is 0 Å². The van der Waals surface area contributed by atoms with Crippen molar-refractivity contribution in [3.63, 3.8) is 0 Å². The Morgan fingerprint density at radius 3 is 1.20 bits per heavy atom. The van der Waals surface area contributed by atoms with Crippen LogP contribution in [-0.2, 0) is 23.7 Å². The molecule has 12 atom stereocenters. The first-order valence-corrected chi connectivity index (χ1v) is 35.2. The van der Waals surface area contributed by atoms with Crippen LogP contribution in [0.5, 0.6) is 0 Å². The summed E-state index contributed by atoms with van der Waals surface area (Å²) in [6.07, 6.45) is 52.9. The quantitative estimate of drug-likeness (QED) is 0.0204. The average molecular weight is 1190 g/mol. The molecule has 0 aliphatic carbocycles. The van der Waals surface area contributed by atoms with Crippen LogP contribution in [0.25, 0.3) is 0 Å². The Balaban J connectivity index is 1.67. The molecule has 0 radical (unpaired) electrons. The third kappa shape index (κ3) is 39.3. The lowest BCUT2D eigenvalue weighted by Crippen LogP contribution is -2.65. The Kier molecular flexibility index (Phi) is 51.5. The first kappa shape index (κ1) is 78.3. The maximum absolute atomic E-state index is 13.4. The number of allylic oxidation sites excluding steroid dienone is 6. The van der Waals surface area contributed by atoms with Crippen LogP contribution < -0.4 is 5.32 Å². The van der Waals surface area contributed by atoms with Crippen molar-refractivity contribution in [2.45, 2.75) is 383 Å². The van der Waals surface area contributed by atoms with E-state index in [0.717, 1.165) is 64.2 Å². The number of amides is 1. The summed E-state index contributed by atoms with van der Waals surface area (Å²) in [5, 5.41) is 87.6. The van der Waals surface area contributed by atoms with Crippen LogP contribution in [0.15, 0.2) is 36.5 Å². The molecule has 0 bridgehead atoms. The number of hydrogen-bond acceptors (Lipinski definition) is 13. The van der Waals surface area contributed by atoms with Crippen molar-refractivity contribution >= 4 is 5.91 Å². The molecule has 2 rings (SSSR count). The van der Waals surface area contributed by atoms with Gasteiger partial charge in [0.1, 0.15) is 48.8 Å². The van der Waals surface area contributed by atoms with Gasteiger partial charge in [0.2, 0.25) is 5.91 Å². The molecule has 0 aromatic carbocycles. The van der Waals surface area contributed by atoms with Crippen LogP contribution in [0.2, 0.25) is 0 Å². The van der Waals surface area contributed by atoms with Crippen molar-refractivity contribution < 1.29 is 64.6 Å². The predicted molar refractivity (Wildman–Crippen MR) is 341 cm³/mol. The number of unbranched alkanes of at least 4 members (excludes halogenated alkanes) is 39. The molecular formula is C70H131NO13. The minimum absolute atomic E-state index is 0.205. The zero-order valence-electron chi connectivity index (χ0n) is 53.7. The summed E-state index contributed by atoms with van der Waals surface area (Å²) in [4.78, 5) is 13.4. The van der Waals surface area contributed by atoms with Crippen LogP contribution in [0.3, 0.4) is 0 Å². The van der Waals surface area contributed by atoms with Gasteiger partial charge in [-0.05, 0) is 51.4 Å². The highest BCUT2D eigenvalue weighted by molar-refractivity contribution is 5.76. The molecule has 2 aliphatic rings. The van der Waals surface area contributed by atoms with Crippen LogP contribution in [-0.4, -0.2) is 140 Å². The van der Waals surface area contributed by atoms with E-state index >= 15 is 0 Å². The number of aliphatic hydroxyl groups excluding tert-OH is 8. The second-order valence-corrected chi connectivity index (χ2v) is 25.0. The van der Waals surface area contributed by atoms with E-state index in [4.69, 9.17) is 18.9 Å². The molecule has 14 nitrogen and oxygen atoms in total. The molecule has 84 heavy (non-hydrogen) atoms. The molecule has 9 N–H and O–H groups in total. The van der Waals surface area contributed by atoms with E-state index in [-0.39, 0.29) is 12.5 Å². The number of aliphatic hydroxyl groups is 8. The summed E-state index contributed by atoms with van der Waals surface area (Å²) in [6, 6.07) is -0.831. The Morgan fingerprint density at radius 2 is 0.786 bits per heavy atom. The van der Waals surface area contributed by atoms with Gasteiger partial charge in [-0.3, -0.25) is 4.79 Å². The molecule has 2 saturated heterocycles. The molecule has 1 amide bonds. The maximum Gasteiger partial charge on any atom is 0.220 e. The Bertz CT molecular complexity index is 1550. The fraction of sp³-hybridized carbons (Fsp3) is 0.900. The number of rotatable bonds is 58. The highest BCUT2D eigenvalue weighted by Crippen LogP contribution is 2.30. The fourth-order valence-electron chi connectivity index (χ4n) is 11.7. The summed E-state index contributed by atoms with van der Waals surface area (Å²) in [5.41, 5.74) is 0. The first-order valence-electron chi connectivity index (χ1n) is 35.2. The van der Waals surface area contributed by atoms with Gasteiger partial charge in [0.15, 0.2) is 12.6 Å². The molecule has 0 saturated carbocycles. The Labute approximate surface area is 512 Å². The smallest absolute Gasteiger partial charge is 0.220 e. The standard InChI is InChI=1S/C70H131NO13/c1-3-5-7-9-11-13-15-17-19-21-23-25-27-28-29-30-32-34-36-38-40-42-44-46-48-50-52-54-62(75)71-58(57-81-69-67(80)65(78)68(61(56-73)83-69)84-70-66(79)64(77)63(76)60(55-72)82-70)59(74)53-51-49-47-45-43-41-39-37-35-33-31-26-24-22-20-18-16-14-12-10-8-6-4-2/h15,17,21,23,27-28,58-61,63-70,72-74,76-80H,3-14,16,18-20,22,24-26,29-57H2,1-2H3,(H,71,75)/b17-15-,23-21-,28-27-. The van der Waals surface area contributed by atoms with Crippen molar-refractivity contribution in [1.29, 1.82) is 0 Å². The lowest BCUT2D eigenvalue weighted by molar-refractivity contribution is -0.359. The van der Waals surface area contributed by atoms with Crippen molar-refractivity contribution in [3.05, 3.63) is 36.5 Å². The van der Waals surface area contributed by atoms with Crippen LogP contribution >= 0.6 is 0 Å². The highest BCUT2D eigenvalue weighted by atomic mass is 16.7. The Hall–Kier alpha value is -1.79. The van der Waals surface area contributed by atoms with Gasteiger partial charge in [0.05, 0.1) is 32.0 Å². The SMILES string of the molecule is CCCCCCC/C=C\C/C=C\C/C=C\CCCCCCCCCCCCCCC(=O)NC(COC1OC(CO)C(OC2OC(CO)C(O)C(O)C2O)C(O)C1O)C(O)CCCCCCCCCCCCCCCCCCCCCCCCC. The fourth-order valence-corrected chi connectivity index (χ4v) is 11.7. The number of ether oxygens (including phenoxy) is 4. The summed E-state index contributed by atoms with van der Waals surface area (Å²) in [6.45, 7) is 2.89. The van der Waals surface area contributed by atoms with Gasteiger partial charge in [0, 0.05) is 6.42 Å². The number of nitrogens with one attached hydrogen (secondary N) is 1. The zero-order valence-corrected chi connectivity index (χ0v) is 53.7. The molecule has 2 fully saturated rings. The van der Waals surface area contributed by atoms with Gasteiger partial charge >= 0.3 is 0 Å². The topological polar surface area (TPSA) is 228 Å². The lowest BCUT2D eigenvalue weighted by atomic mass is 9.97. The molecule has 494 valence electrons. The lowest BCUT2D eigenvalue weighted by Gasteiger charge is -2.46. The predicted octanol–water partition coefficient (Wildman–Crippen LogP) is 14.1. The van der Waals surface area contributed by atoms with Gasteiger partial charge in [0.25, 0.3) is 0 Å². The van der Waals surface area contributed by atoms with E-state index in [2.05, 4.69) is 55.6 Å². The normalized spacial score (nSPS) is 23.8. The van der Waals surface area contributed by atoms with Gasteiger partial charge < -0.3 is 65.1 Å². The summed E-state index contributed by atoms with van der Waals surface area (Å²) in [5.74, 6) is -0.205. The van der Waals surface area contributed by atoms with Gasteiger partial charge in [-0.1, -0.05) is 288 Å². The van der Waals surface area contributed by atoms with E-state index in [1.165, 1.54) is 218 Å². The molecule has 0 aromatic heterocycles. The third-order valence-electron chi connectivity index (χ3n) is 17.4. The van der Waals surface area contributed by atoms with E-state index in [9.17, 15) is 45.6 Å². The van der Waals surface area contributed by atoms with Gasteiger partial charge in [-0.15, -0.1) is 0 Å². The Morgan fingerprint density at radius 1 is 0.429 bits per heavy atom. The van der Waals surface area contributed by atoms with Crippen molar-refractivity contribution in [3.8, 4) is 0 Å². The van der Waals surface area contributed by atoms with Crippen LogP contribution in [0, 0.1) is 0 Å². The van der Waals surface area contributed by atoms with E-state index in [0.29, 0.717) is 12.8 Å². The summed E-state index contributed by atoms with van der Waals surface area (Å²) in [7, 11) is 0. The van der Waals surface area contributed by atoms with Crippen molar-refractivity contribution in [1.82, 2.24) is 5.32 Å². The van der Waals surface area contributed by atoms with Crippen LogP contribution in [0.4, 0.5) is 0 Å². The second-order valence-electron chi connectivity index (χ2n) is 25.0. The molecular weight excluding hydrogens is 1060 g/mol.